The average molecular weight is 338 g/mol. The summed E-state index contributed by atoms with van der Waals surface area (Å²) in [5, 5.41) is 3.53. The van der Waals surface area contributed by atoms with Crippen molar-refractivity contribution < 1.29 is 9.53 Å². The van der Waals surface area contributed by atoms with Gasteiger partial charge in [0.15, 0.2) is 5.96 Å². The van der Waals surface area contributed by atoms with Gasteiger partial charge in [-0.3, -0.25) is 9.79 Å². The van der Waals surface area contributed by atoms with Gasteiger partial charge in [-0.15, -0.1) is 0 Å². The Morgan fingerprint density at radius 3 is 2.58 bits per heavy atom. The Balaban J connectivity index is 1.78. The van der Waals surface area contributed by atoms with Crippen molar-refractivity contribution in [3.63, 3.8) is 0 Å². The molecule has 1 N–H and O–H groups in total. The van der Waals surface area contributed by atoms with Gasteiger partial charge in [-0.25, -0.2) is 0 Å². The standard InChI is InChI=1S/C18H34N4O2/c1-5-8-21-9-6-15(7-10-21)11-20-18(19-3)22-12-14(2)16(13-22)17(23)24-4/h14-16H,5-13H2,1-4H3,(H,19,20). The fourth-order valence-electron chi connectivity index (χ4n) is 3.90. The van der Waals surface area contributed by atoms with Gasteiger partial charge >= 0.3 is 5.97 Å². The molecule has 2 aliphatic heterocycles. The summed E-state index contributed by atoms with van der Waals surface area (Å²) in [6.45, 7) is 10.5. The van der Waals surface area contributed by atoms with E-state index in [1.807, 2.05) is 7.05 Å². The van der Waals surface area contributed by atoms with Crippen LogP contribution in [0.25, 0.3) is 0 Å². The first-order chi connectivity index (χ1) is 11.6. The van der Waals surface area contributed by atoms with E-state index >= 15 is 0 Å². The monoisotopic (exact) mass is 338 g/mol. The van der Waals surface area contributed by atoms with Gasteiger partial charge in [0.2, 0.25) is 0 Å². The minimum atomic E-state index is -0.108. The van der Waals surface area contributed by atoms with Crippen molar-refractivity contribution in [3.8, 4) is 0 Å². The van der Waals surface area contributed by atoms with Crippen molar-refractivity contribution in [1.29, 1.82) is 0 Å². The first kappa shape index (κ1) is 19.0. The average Bonchev–Trinajstić information content (AvgIpc) is 2.98. The zero-order valence-electron chi connectivity index (χ0n) is 15.8. The van der Waals surface area contributed by atoms with Crippen LogP contribution in [-0.4, -0.2) is 75.2 Å². The highest BCUT2D eigenvalue weighted by Crippen LogP contribution is 2.24. The molecule has 2 heterocycles. The maximum atomic E-state index is 11.9. The molecule has 2 unspecified atom stereocenters. The van der Waals surface area contributed by atoms with Crippen LogP contribution in [0.2, 0.25) is 0 Å². The summed E-state index contributed by atoms with van der Waals surface area (Å²) in [5.41, 5.74) is 0. The molecule has 0 saturated carbocycles. The lowest BCUT2D eigenvalue weighted by atomic mass is 9.97. The summed E-state index contributed by atoms with van der Waals surface area (Å²) in [6.07, 6.45) is 3.75. The predicted molar refractivity (Wildman–Crippen MR) is 97.1 cm³/mol. The van der Waals surface area contributed by atoms with Crippen LogP contribution in [-0.2, 0) is 9.53 Å². The van der Waals surface area contributed by atoms with E-state index in [2.05, 4.69) is 34.0 Å². The van der Waals surface area contributed by atoms with E-state index in [1.165, 1.54) is 46.0 Å². The number of carbonyl (C=O) groups is 1. The van der Waals surface area contributed by atoms with Crippen molar-refractivity contribution >= 4 is 11.9 Å². The number of esters is 1. The number of methoxy groups -OCH3 is 1. The lowest BCUT2D eigenvalue weighted by Crippen LogP contribution is -2.44. The number of nitrogens with zero attached hydrogens (tertiary/aromatic N) is 3. The summed E-state index contributed by atoms with van der Waals surface area (Å²) in [5.74, 6) is 1.78. The number of hydrogen-bond donors (Lipinski definition) is 1. The summed E-state index contributed by atoms with van der Waals surface area (Å²) < 4.78 is 4.92. The zero-order chi connectivity index (χ0) is 17.5. The maximum absolute atomic E-state index is 11.9. The summed E-state index contributed by atoms with van der Waals surface area (Å²) >= 11 is 0. The molecule has 2 atom stereocenters. The molecule has 0 bridgehead atoms. The van der Waals surface area contributed by atoms with Gasteiger partial charge in [-0.05, 0) is 50.7 Å². The van der Waals surface area contributed by atoms with Crippen LogP contribution in [0.3, 0.4) is 0 Å². The number of aliphatic imine (C=N–C) groups is 1. The lowest BCUT2D eigenvalue weighted by molar-refractivity contribution is -0.145. The van der Waals surface area contributed by atoms with Crippen LogP contribution in [0.5, 0.6) is 0 Å². The quantitative estimate of drug-likeness (QED) is 0.467. The molecule has 2 fully saturated rings. The molecule has 6 heteroatoms. The number of likely N-dealkylation sites (tertiary alicyclic amines) is 2. The molecular weight excluding hydrogens is 304 g/mol. The number of nitrogens with one attached hydrogen (secondary N) is 1. The summed E-state index contributed by atoms with van der Waals surface area (Å²) in [7, 11) is 3.29. The second-order valence-electron chi connectivity index (χ2n) is 7.23. The van der Waals surface area contributed by atoms with E-state index in [-0.39, 0.29) is 11.9 Å². The Kier molecular flexibility index (Phi) is 7.34. The number of ether oxygens (including phenoxy) is 1. The van der Waals surface area contributed by atoms with E-state index in [0.29, 0.717) is 18.4 Å². The minimum Gasteiger partial charge on any atom is -0.469 e. The third-order valence-electron chi connectivity index (χ3n) is 5.42. The molecule has 2 saturated heterocycles. The van der Waals surface area contributed by atoms with Crippen molar-refractivity contribution in [3.05, 3.63) is 0 Å². The second kappa shape index (κ2) is 9.25. The van der Waals surface area contributed by atoms with Crippen LogP contribution in [0.4, 0.5) is 0 Å². The molecule has 0 spiro atoms. The summed E-state index contributed by atoms with van der Waals surface area (Å²) in [6, 6.07) is 0. The molecule has 0 radical (unpaired) electrons. The maximum Gasteiger partial charge on any atom is 0.310 e. The molecule has 0 aromatic carbocycles. The van der Waals surface area contributed by atoms with Crippen LogP contribution in [0.15, 0.2) is 4.99 Å². The lowest BCUT2D eigenvalue weighted by Gasteiger charge is -2.32. The highest BCUT2D eigenvalue weighted by atomic mass is 16.5. The van der Waals surface area contributed by atoms with Gasteiger partial charge in [0.05, 0.1) is 13.0 Å². The molecule has 138 valence electrons. The Bertz CT molecular complexity index is 433. The smallest absolute Gasteiger partial charge is 0.310 e. The van der Waals surface area contributed by atoms with Crippen LogP contribution in [0.1, 0.15) is 33.1 Å². The molecular formula is C18H34N4O2. The van der Waals surface area contributed by atoms with Crippen LogP contribution in [0, 0.1) is 17.8 Å². The van der Waals surface area contributed by atoms with E-state index < -0.39 is 0 Å². The molecule has 0 amide bonds. The van der Waals surface area contributed by atoms with E-state index in [9.17, 15) is 4.79 Å². The highest BCUT2D eigenvalue weighted by molar-refractivity contribution is 5.82. The number of guanidine groups is 1. The van der Waals surface area contributed by atoms with Crippen LogP contribution >= 0.6 is 0 Å². The van der Waals surface area contributed by atoms with Crippen molar-refractivity contribution in [1.82, 2.24) is 15.1 Å². The van der Waals surface area contributed by atoms with Gasteiger partial charge < -0.3 is 19.9 Å². The normalized spacial score (nSPS) is 26.7. The Morgan fingerprint density at radius 2 is 2.00 bits per heavy atom. The van der Waals surface area contributed by atoms with E-state index in [0.717, 1.165) is 19.0 Å². The fraction of sp³-hybridized carbons (Fsp3) is 0.889. The molecule has 0 aliphatic carbocycles. The minimum absolute atomic E-state index is 0.0502. The van der Waals surface area contributed by atoms with Crippen LogP contribution < -0.4 is 5.32 Å². The van der Waals surface area contributed by atoms with Gasteiger partial charge in [0, 0.05) is 26.7 Å². The molecule has 6 nitrogen and oxygen atoms in total. The number of piperidine rings is 1. The molecule has 24 heavy (non-hydrogen) atoms. The first-order valence-corrected chi connectivity index (χ1v) is 9.34. The SMILES string of the molecule is CCCN1CCC(CNC(=NC)N2CC(C)C(C(=O)OC)C2)CC1. The third-order valence-corrected chi connectivity index (χ3v) is 5.42. The van der Waals surface area contributed by atoms with Crippen molar-refractivity contribution in [2.75, 3.05) is 53.4 Å². The Labute approximate surface area is 146 Å². The summed E-state index contributed by atoms with van der Waals surface area (Å²) in [4.78, 5) is 21.0. The van der Waals surface area contributed by atoms with E-state index in [1.54, 1.807) is 0 Å². The largest absolute Gasteiger partial charge is 0.469 e. The number of carbonyl (C=O) groups excluding carboxylic acids is 1. The third kappa shape index (κ3) is 4.85. The fourth-order valence-corrected chi connectivity index (χ4v) is 3.90. The van der Waals surface area contributed by atoms with Crippen molar-refractivity contribution in [2.24, 2.45) is 22.7 Å². The molecule has 2 aliphatic rings. The Morgan fingerprint density at radius 1 is 1.29 bits per heavy atom. The molecule has 2 rings (SSSR count). The van der Waals surface area contributed by atoms with Gasteiger partial charge in [-0.1, -0.05) is 13.8 Å². The van der Waals surface area contributed by atoms with Gasteiger partial charge in [0.1, 0.15) is 0 Å². The Hall–Kier alpha value is -1.30. The van der Waals surface area contributed by atoms with Crippen molar-refractivity contribution in [2.45, 2.75) is 33.1 Å². The van der Waals surface area contributed by atoms with Gasteiger partial charge in [0.25, 0.3) is 0 Å². The highest BCUT2D eigenvalue weighted by Gasteiger charge is 2.37. The second-order valence-corrected chi connectivity index (χ2v) is 7.23. The molecule has 0 aromatic heterocycles. The molecule has 0 aromatic rings. The topological polar surface area (TPSA) is 57.2 Å². The van der Waals surface area contributed by atoms with Gasteiger partial charge in [-0.2, -0.15) is 0 Å². The first-order valence-electron chi connectivity index (χ1n) is 9.34. The zero-order valence-corrected chi connectivity index (χ0v) is 15.8. The van der Waals surface area contributed by atoms with E-state index in [4.69, 9.17) is 4.74 Å². The number of hydrogen-bond acceptors (Lipinski definition) is 4. The number of rotatable bonds is 5. The predicted octanol–water partition coefficient (Wildman–Crippen LogP) is 1.42.